The number of hydrogen-bond donors (Lipinski definition) is 0. The van der Waals surface area contributed by atoms with Gasteiger partial charge in [0.25, 0.3) is 0 Å². The van der Waals surface area contributed by atoms with E-state index in [1.807, 2.05) is 19.1 Å². The van der Waals surface area contributed by atoms with Crippen molar-refractivity contribution in [3.05, 3.63) is 52.7 Å². The number of nitrogens with zero attached hydrogens (tertiary/aromatic N) is 2. The third-order valence-electron chi connectivity index (χ3n) is 5.20. The van der Waals surface area contributed by atoms with Crippen molar-refractivity contribution in [3.8, 4) is 11.6 Å². The molecule has 0 aliphatic carbocycles. The van der Waals surface area contributed by atoms with E-state index < -0.39 is 5.97 Å². The minimum Gasteiger partial charge on any atom is -0.497 e. The Balaban J connectivity index is 1.72. The summed E-state index contributed by atoms with van der Waals surface area (Å²) in [5.74, 6) is 0.834. The van der Waals surface area contributed by atoms with E-state index >= 15 is 0 Å². The lowest BCUT2D eigenvalue weighted by Gasteiger charge is -2.39. The summed E-state index contributed by atoms with van der Waals surface area (Å²) in [5, 5.41) is 0.255. The minimum absolute atomic E-state index is 0.0859. The smallest absolute Gasteiger partial charge is 0.358 e. The fourth-order valence-corrected chi connectivity index (χ4v) is 3.99. The molecule has 0 unspecified atom stereocenters. The van der Waals surface area contributed by atoms with E-state index in [2.05, 4.69) is 29.1 Å². The van der Waals surface area contributed by atoms with E-state index in [4.69, 9.17) is 25.8 Å². The molecule has 0 radical (unpaired) electrons. The summed E-state index contributed by atoms with van der Waals surface area (Å²) in [6, 6.07) is 11.5. The largest absolute Gasteiger partial charge is 0.497 e. The molecule has 3 rings (SSSR count). The molecule has 2 aromatic rings. The molecule has 1 saturated heterocycles. The number of likely N-dealkylation sites (tertiary alicyclic amines) is 1. The van der Waals surface area contributed by atoms with Crippen molar-refractivity contribution in [2.24, 2.45) is 5.92 Å². The van der Waals surface area contributed by atoms with Crippen molar-refractivity contribution < 1.29 is 19.0 Å². The number of pyridine rings is 1. The second-order valence-corrected chi connectivity index (χ2v) is 7.52. The van der Waals surface area contributed by atoms with Gasteiger partial charge in [0, 0.05) is 18.0 Å². The van der Waals surface area contributed by atoms with E-state index in [0.717, 1.165) is 25.1 Å². The highest BCUT2D eigenvalue weighted by molar-refractivity contribution is 6.33. The first-order valence-corrected chi connectivity index (χ1v) is 10.2. The molecule has 0 spiro atoms. The molecular formula is C22H27ClN2O4. The van der Waals surface area contributed by atoms with Crippen molar-refractivity contribution in [1.29, 1.82) is 0 Å². The summed E-state index contributed by atoms with van der Waals surface area (Å²) in [7, 11) is 3.76. The van der Waals surface area contributed by atoms with Crippen LogP contribution in [0.3, 0.4) is 0 Å². The molecule has 1 aliphatic heterocycles. The van der Waals surface area contributed by atoms with Crippen LogP contribution in [-0.2, 0) is 4.74 Å². The summed E-state index contributed by atoms with van der Waals surface area (Å²) in [6.07, 6.45) is 2.04. The molecule has 1 fully saturated rings. The summed E-state index contributed by atoms with van der Waals surface area (Å²) in [5.41, 5.74) is 1.27. The van der Waals surface area contributed by atoms with Crippen molar-refractivity contribution in [2.45, 2.75) is 25.8 Å². The van der Waals surface area contributed by atoms with Crippen LogP contribution in [0.15, 0.2) is 36.4 Å². The molecule has 0 amide bonds. The first kappa shape index (κ1) is 21.4. The lowest BCUT2D eigenvalue weighted by Crippen LogP contribution is -2.38. The van der Waals surface area contributed by atoms with Crippen molar-refractivity contribution in [1.82, 2.24) is 9.88 Å². The zero-order valence-electron chi connectivity index (χ0n) is 17.1. The molecule has 0 N–H and O–H groups in total. The monoisotopic (exact) mass is 418 g/mol. The lowest BCUT2D eigenvalue weighted by molar-refractivity contribution is 0.0230. The van der Waals surface area contributed by atoms with Crippen LogP contribution in [0.1, 0.15) is 41.9 Å². The number of carbonyl (C=O) groups excluding carboxylic acids is 1. The van der Waals surface area contributed by atoms with Gasteiger partial charge >= 0.3 is 5.97 Å². The Morgan fingerprint density at radius 2 is 2.00 bits per heavy atom. The van der Waals surface area contributed by atoms with E-state index in [1.165, 1.54) is 5.56 Å². The number of aromatic nitrogens is 1. The zero-order chi connectivity index (χ0) is 20.8. The Labute approximate surface area is 176 Å². The van der Waals surface area contributed by atoms with Gasteiger partial charge in [0.2, 0.25) is 5.88 Å². The first-order chi connectivity index (χ1) is 14.0. The Hall–Kier alpha value is -2.31. The third-order valence-corrected chi connectivity index (χ3v) is 5.50. The Bertz CT molecular complexity index is 828. The van der Waals surface area contributed by atoms with Crippen LogP contribution in [0.4, 0.5) is 0 Å². The maximum atomic E-state index is 12.6. The Kier molecular flexibility index (Phi) is 7.34. The van der Waals surface area contributed by atoms with Crippen LogP contribution in [0.5, 0.6) is 11.6 Å². The molecule has 6 nitrogen and oxygen atoms in total. The highest BCUT2D eigenvalue weighted by Crippen LogP contribution is 2.36. The molecule has 0 bridgehead atoms. The molecule has 2 atom stereocenters. The molecule has 156 valence electrons. The second kappa shape index (κ2) is 9.94. The second-order valence-electron chi connectivity index (χ2n) is 7.11. The summed E-state index contributed by atoms with van der Waals surface area (Å²) < 4.78 is 16.3. The summed E-state index contributed by atoms with van der Waals surface area (Å²) >= 11 is 6.15. The van der Waals surface area contributed by atoms with E-state index in [1.54, 1.807) is 19.2 Å². The molecule has 1 aliphatic rings. The molecule has 7 heteroatoms. The van der Waals surface area contributed by atoms with Crippen LogP contribution in [-0.4, -0.2) is 49.8 Å². The van der Waals surface area contributed by atoms with Gasteiger partial charge in [-0.15, -0.1) is 0 Å². The Morgan fingerprint density at radius 3 is 2.69 bits per heavy atom. The number of benzene rings is 1. The van der Waals surface area contributed by atoms with Gasteiger partial charge in [0.15, 0.2) is 5.69 Å². The number of methoxy groups -OCH3 is 1. The molecular weight excluding hydrogens is 392 g/mol. The highest BCUT2D eigenvalue weighted by atomic mass is 35.5. The number of esters is 1. The lowest BCUT2D eigenvalue weighted by atomic mass is 9.85. The fourth-order valence-electron chi connectivity index (χ4n) is 3.81. The SMILES string of the molecule is CCOc1ccc(Cl)c(C(=O)OC[C@H]2CCCN(C)[C@H]2c2ccc(OC)cc2)n1. The Morgan fingerprint density at radius 1 is 1.24 bits per heavy atom. The third kappa shape index (κ3) is 5.19. The predicted molar refractivity (Wildman–Crippen MR) is 112 cm³/mol. The topological polar surface area (TPSA) is 60.9 Å². The minimum atomic E-state index is -0.529. The van der Waals surface area contributed by atoms with Crippen LogP contribution < -0.4 is 9.47 Å². The molecule has 0 saturated carbocycles. The van der Waals surface area contributed by atoms with Gasteiger partial charge in [-0.2, -0.15) is 0 Å². The molecule has 1 aromatic heterocycles. The van der Waals surface area contributed by atoms with Crippen molar-refractivity contribution >= 4 is 17.6 Å². The van der Waals surface area contributed by atoms with Gasteiger partial charge in [-0.1, -0.05) is 23.7 Å². The van der Waals surface area contributed by atoms with E-state index in [0.29, 0.717) is 19.1 Å². The van der Waals surface area contributed by atoms with E-state index in [9.17, 15) is 4.79 Å². The van der Waals surface area contributed by atoms with Gasteiger partial charge in [-0.05, 0) is 57.1 Å². The molecule has 1 aromatic carbocycles. The maximum Gasteiger partial charge on any atom is 0.358 e. The molecule has 29 heavy (non-hydrogen) atoms. The average Bonchev–Trinajstić information content (AvgIpc) is 2.73. The number of ether oxygens (including phenoxy) is 3. The van der Waals surface area contributed by atoms with Gasteiger partial charge in [0.1, 0.15) is 5.75 Å². The molecule has 2 heterocycles. The number of piperidine rings is 1. The number of halogens is 1. The maximum absolute atomic E-state index is 12.6. The number of rotatable bonds is 7. The first-order valence-electron chi connectivity index (χ1n) is 9.84. The average molecular weight is 419 g/mol. The van der Waals surface area contributed by atoms with Crippen LogP contribution in [0, 0.1) is 5.92 Å². The fraction of sp³-hybridized carbons (Fsp3) is 0.455. The summed E-state index contributed by atoms with van der Waals surface area (Å²) in [6.45, 7) is 3.62. The summed E-state index contributed by atoms with van der Waals surface area (Å²) in [4.78, 5) is 19.1. The zero-order valence-corrected chi connectivity index (χ0v) is 17.8. The van der Waals surface area contributed by atoms with Gasteiger partial charge in [-0.3, -0.25) is 4.90 Å². The van der Waals surface area contributed by atoms with Crippen molar-refractivity contribution in [2.75, 3.05) is 33.9 Å². The normalized spacial score (nSPS) is 19.6. The highest BCUT2D eigenvalue weighted by Gasteiger charge is 2.32. The van der Waals surface area contributed by atoms with Crippen LogP contribution >= 0.6 is 11.6 Å². The van der Waals surface area contributed by atoms with Gasteiger partial charge < -0.3 is 14.2 Å². The predicted octanol–water partition coefficient (Wildman–Crippen LogP) is 4.38. The van der Waals surface area contributed by atoms with Crippen LogP contribution in [0.25, 0.3) is 0 Å². The van der Waals surface area contributed by atoms with Crippen LogP contribution in [0.2, 0.25) is 5.02 Å². The van der Waals surface area contributed by atoms with Gasteiger partial charge in [0.05, 0.1) is 25.3 Å². The van der Waals surface area contributed by atoms with Gasteiger partial charge in [-0.25, -0.2) is 9.78 Å². The number of carbonyl (C=O) groups is 1. The van der Waals surface area contributed by atoms with E-state index in [-0.39, 0.29) is 22.7 Å². The quantitative estimate of drug-likeness (QED) is 0.622. The number of hydrogen-bond acceptors (Lipinski definition) is 6. The van der Waals surface area contributed by atoms with Crippen molar-refractivity contribution in [3.63, 3.8) is 0 Å². The standard InChI is InChI=1S/C22H27ClN2O4/c1-4-28-19-12-11-18(23)20(24-19)22(26)29-14-16-6-5-13-25(2)21(16)15-7-9-17(27-3)10-8-15/h7-12,16,21H,4-6,13-14H2,1-3H3/t16-,21+/m1/s1.